The van der Waals surface area contributed by atoms with Crippen molar-refractivity contribution in [3.05, 3.63) is 29.6 Å². The topological polar surface area (TPSA) is 40.5 Å². The van der Waals surface area contributed by atoms with Crippen LogP contribution < -0.4 is 4.90 Å². The van der Waals surface area contributed by atoms with Crippen molar-refractivity contribution in [1.29, 1.82) is 0 Å². The van der Waals surface area contributed by atoms with Crippen LogP contribution in [-0.2, 0) is 11.2 Å². The molecule has 1 aromatic carbocycles. The van der Waals surface area contributed by atoms with Crippen LogP contribution in [0.15, 0.2) is 18.2 Å². The average Bonchev–Trinajstić information content (AvgIpc) is 2.22. The quantitative estimate of drug-likeness (QED) is 0.834. The first-order valence-corrected chi connectivity index (χ1v) is 5.35. The zero-order valence-electron chi connectivity index (χ0n) is 9.11. The van der Waals surface area contributed by atoms with Gasteiger partial charge < -0.3 is 10.0 Å². The molecule has 1 heterocycles. The van der Waals surface area contributed by atoms with Gasteiger partial charge in [-0.1, -0.05) is 0 Å². The third kappa shape index (κ3) is 2.01. The van der Waals surface area contributed by atoms with Gasteiger partial charge in [-0.2, -0.15) is 0 Å². The van der Waals surface area contributed by atoms with Crippen molar-refractivity contribution in [2.45, 2.75) is 25.8 Å². The number of anilines is 1. The molecule has 0 unspecified atom stereocenters. The van der Waals surface area contributed by atoms with E-state index in [0.717, 1.165) is 24.1 Å². The maximum atomic E-state index is 13.0. The minimum absolute atomic E-state index is 0.0280. The summed E-state index contributed by atoms with van der Waals surface area (Å²) in [7, 11) is 0. The first-order chi connectivity index (χ1) is 7.58. The molecule has 1 aliphatic heterocycles. The summed E-state index contributed by atoms with van der Waals surface area (Å²) in [6.07, 6.45) is 1.67. The summed E-state index contributed by atoms with van der Waals surface area (Å²) in [5.74, 6) is -1.12. The van der Waals surface area contributed by atoms with Crippen LogP contribution in [0.25, 0.3) is 0 Å². The Kier molecular flexibility index (Phi) is 2.81. The Morgan fingerprint density at radius 1 is 1.62 bits per heavy atom. The molecule has 0 aromatic heterocycles. The van der Waals surface area contributed by atoms with Crippen LogP contribution in [0.4, 0.5) is 10.1 Å². The molecule has 1 aliphatic rings. The van der Waals surface area contributed by atoms with Gasteiger partial charge in [-0.25, -0.2) is 4.39 Å². The standard InChI is InChI=1S/C12H14FNO2/c1-8-2-3-9-6-10(13)4-5-11(9)14(8)7-12(15)16/h4-6,8H,2-3,7H2,1H3,(H,15,16)/t8-/m1/s1. The number of fused-ring (bicyclic) bond motifs is 1. The van der Waals surface area contributed by atoms with E-state index in [-0.39, 0.29) is 18.4 Å². The first-order valence-electron chi connectivity index (χ1n) is 5.35. The Labute approximate surface area is 93.5 Å². The zero-order valence-corrected chi connectivity index (χ0v) is 9.11. The fourth-order valence-electron chi connectivity index (χ4n) is 2.18. The highest BCUT2D eigenvalue weighted by Crippen LogP contribution is 2.30. The molecule has 0 amide bonds. The number of hydrogen-bond donors (Lipinski definition) is 1. The normalized spacial score (nSPS) is 19.4. The van der Waals surface area contributed by atoms with E-state index in [9.17, 15) is 9.18 Å². The molecule has 0 saturated heterocycles. The summed E-state index contributed by atoms with van der Waals surface area (Å²) in [4.78, 5) is 12.6. The number of aliphatic carboxylic acids is 1. The van der Waals surface area contributed by atoms with Crippen LogP contribution >= 0.6 is 0 Å². The van der Waals surface area contributed by atoms with Gasteiger partial charge >= 0.3 is 5.97 Å². The highest BCUT2D eigenvalue weighted by molar-refractivity contribution is 5.75. The van der Waals surface area contributed by atoms with Gasteiger partial charge in [0, 0.05) is 11.7 Å². The predicted octanol–water partition coefficient (Wildman–Crippen LogP) is 2.05. The van der Waals surface area contributed by atoms with E-state index in [1.165, 1.54) is 12.1 Å². The second kappa shape index (κ2) is 4.12. The zero-order chi connectivity index (χ0) is 11.7. The van der Waals surface area contributed by atoms with Crippen molar-refractivity contribution in [1.82, 2.24) is 0 Å². The average molecular weight is 223 g/mol. The molecular weight excluding hydrogens is 209 g/mol. The summed E-state index contributed by atoms with van der Waals surface area (Å²) >= 11 is 0. The molecule has 0 spiro atoms. The number of rotatable bonds is 2. The van der Waals surface area contributed by atoms with Crippen molar-refractivity contribution in [3.63, 3.8) is 0 Å². The highest BCUT2D eigenvalue weighted by atomic mass is 19.1. The number of carboxylic acid groups (broad SMARTS) is 1. The van der Waals surface area contributed by atoms with Gasteiger partial charge in [0.25, 0.3) is 0 Å². The molecule has 1 aromatic rings. The molecule has 1 atom stereocenters. The Morgan fingerprint density at radius 3 is 3.06 bits per heavy atom. The number of hydrogen-bond acceptors (Lipinski definition) is 2. The van der Waals surface area contributed by atoms with Crippen LogP contribution in [-0.4, -0.2) is 23.7 Å². The third-order valence-corrected chi connectivity index (χ3v) is 3.02. The molecule has 0 bridgehead atoms. The third-order valence-electron chi connectivity index (χ3n) is 3.02. The minimum Gasteiger partial charge on any atom is -0.480 e. The summed E-state index contributed by atoms with van der Waals surface area (Å²) < 4.78 is 13.0. The van der Waals surface area contributed by atoms with Gasteiger partial charge in [0.05, 0.1) is 0 Å². The lowest BCUT2D eigenvalue weighted by Crippen LogP contribution is -2.40. The Hall–Kier alpha value is -1.58. The van der Waals surface area contributed by atoms with Crippen molar-refractivity contribution in [2.24, 2.45) is 0 Å². The van der Waals surface area contributed by atoms with Crippen LogP contribution in [0.2, 0.25) is 0 Å². The van der Waals surface area contributed by atoms with Crippen molar-refractivity contribution in [3.8, 4) is 0 Å². The van der Waals surface area contributed by atoms with E-state index in [2.05, 4.69) is 0 Å². The van der Waals surface area contributed by atoms with E-state index in [4.69, 9.17) is 5.11 Å². The van der Waals surface area contributed by atoms with E-state index in [1.807, 2.05) is 11.8 Å². The second-order valence-electron chi connectivity index (χ2n) is 4.18. The van der Waals surface area contributed by atoms with Crippen molar-refractivity contribution < 1.29 is 14.3 Å². The van der Waals surface area contributed by atoms with Crippen LogP contribution in [0.1, 0.15) is 18.9 Å². The molecule has 16 heavy (non-hydrogen) atoms. The molecule has 0 aliphatic carbocycles. The molecule has 86 valence electrons. The molecular formula is C12H14FNO2. The maximum Gasteiger partial charge on any atom is 0.323 e. The van der Waals surface area contributed by atoms with Crippen molar-refractivity contribution >= 4 is 11.7 Å². The SMILES string of the molecule is C[C@@H]1CCc2cc(F)ccc2N1CC(=O)O. The monoisotopic (exact) mass is 223 g/mol. The molecule has 1 N–H and O–H groups in total. The van der Waals surface area contributed by atoms with Gasteiger partial charge in [0.1, 0.15) is 12.4 Å². The lowest BCUT2D eigenvalue weighted by molar-refractivity contribution is -0.135. The lowest BCUT2D eigenvalue weighted by atomic mass is 9.96. The molecule has 0 saturated carbocycles. The first kappa shape index (κ1) is 10.9. The second-order valence-corrected chi connectivity index (χ2v) is 4.18. The number of aryl methyl sites for hydroxylation is 1. The van der Waals surface area contributed by atoms with E-state index in [1.54, 1.807) is 6.07 Å². The number of carbonyl (C=O) groups is 1. The lowest BCUT2D eigenvalue weighted by Gasteiger charge is -2.35. The Morgan fingerprint density at radius 2 is 2.38 bits per heavy atom. The Bertz CT molecular complexity index is 419. The fourth-order valence-corrected chi connectivity index (χ4v) is 2.18. The van der Waals surface area contributed by atoms with Gasteiger partial charge in [-0.15, -0.1) is 0 Å². The largest absolute Gasteiger partial charge is 0.480 e. The molecule has 0 fully saturated rings. The van der Waals surface area contributed by atoms with E-state index in [0.29, 0.717) is 0 Å². The number of carboxylic acids is 1. The minimum atomic E-state index is -0.857. The predicted molar refractivity (Wildman–Crippen MR) is 59.2 cm³/mol. The summed E-state index contributed by atoms with van der Waals surface area (Å²) in [6, 6.07) is 4.74. The van der Waals surface area contributed by atoms with Gasteiger partial charge in [0.15, 0.2) is 0 Å². The number of halogens is 1. The van der Waals surface area contributed by atoms with Gasteiger partial charge in [0.2, 0.25) is 0 Å². The molecule has 4 heteroatoms. The summed E-state index contributed by atoms with van der Waals surface area (Å²) in [6.45, 7) is 1.97. The van der Waals surface area contributed by atoms with Gasteiger partial charge in [-0.3, -0.25) is 4.79 Å². The summed E-state index contributed by atoms with van der Waals surface area (Å²) in [5, 5.41) is 8.85. The van der Waals surface area contributed by atoms with Crippen LogP contribution in [0.5, 0.6) is 0 Å². The van der Waals surface area contributed by atoms with Crippen molar-refractivity contribution in [2.75, 3.05) is 11.4 Å². The number of nitrogens with zero attached hydrogens (tertiary/aromatic N) is 1. The van der Waals surface area contributed by atoms with Crippen LogP contribution in [0.3, 0.4) is 0 Å². The molecule has 3 nitrogen and oxygen atoms in total. The maximum absolute atomic E-state index is 13.0. The smallest absolute Gasteiger partial charge is 0.323 e. The molecule has 0 radical (unpaired) electrons. The van der Waals surface area contributed by atoms with E-state index < -0.39 is 5.97 Å². The Balaban J connectivity index is 2.36. The van der Waals surface area contributed by atoms with E-state index >= 15 is 0 Å². The molecule has 2 rings (SSSR count). The van der Waals surface area contributed by atoms with Gasteiger partial charge in [-0.05, 0) is 43.5 Å². The highest BCUT2D eigenvalue weighted by Gasteiger charge is 2.24. The van der Waals surface area contributed by atoms with Crippen LogP contribution in [0, 0.1) is 5.82 Å². The number of benzene rings is 1. The fraction of sp³-hybridized carbons (Fsp3) is 0.417. The summed E-state index contributed by atoms with van der Waals surface area (Å²) in [5.41, 5.74) is 1.75.